The maximum Gasteiger partial charge on any atom is 0.161 e. The molecule has 2 rings (SSSR count). The second-order valence-electron chi connectivity index (χ2n) is 5.64. The average Bonchev–Trinajstić information content (AvgIpc) is 2.49. The van der Waals surface area contributed by atoms with E-state index in [0.29, 0.717) is 0 Å². The molecule has 21 heavy (non-hydrogen) atoms. The Morgan fingerprint density at radius 1 is 1.33 bits per heavy atom. The number of nitrogens with two attached hydrogens (primary N) is 1. The smallest absolute Gasteiger partial charge is 0.161 e. The number of benzene rings is 1. The van der Waals surface area contributed by atoms with E-state index in [0.717, 1.165) is 37.7 Å². The van der Waals surface area contributed by atoms with Crippen LogP contribution in [0.4, 0.5) is 0 Å². The predicted octanol–water partition coefficient (Wildman–Crippen LogP) is 1.56. The number of methoxy groups -OCH3 is 2. The maximum atomic E-state index is 5.95. The normalized spacial score (nSPS) is 21.1. The fourth-order valence-corrected chi connectivity index (χ4v) is 2.63. The summed E-state index contributed by atoms with van der Waals surface area (Å²) in [5.74, 6) is 1.55. The molecule has 0 saturated carbocycles. The summed E-state index contributed by atoms with van der Waals surface area (Å²) in [6.07, 6.45) is 0.110. The second kappa shape index (κ2) is 7.11. The van der Waals surface area contributed by atoms with Gasteiger partial charge in [0.15, 0.2) is 11.5 Å². The summed E-state index contributed by atoms with van der Waals surface area (Å²) in [7, 11) is 3.32. The van der Waals surface area contributed by atoms with Gasteiger partial charge in [-0.15, -0.1) is 0 Å². The molecule has 0 aliphatic carbocycles. The monoisotopic (exact) mass is 294 g/mol. The zero-order valence-corrected chi connectivity index (χ0v) is 13.4. The molecule has 0 bridgehead atoms. The van der Waals surface area contributed by atoms with Gasteiger partial charge in [-0.05, 0) is 37.1 Å². The Labute approximate surface area is 127 Å². The molecule has 1 aliphatic rings. The van der Waals surface area contributed by atoms with Gasteiger partial charge in [-0.25, -0.2) is 0 Å². The Hall–Kier alpha value is -1.30. The van der Waals surface area contributed by atoms with Crippen molar-refractivity contribution in [2.75, 3.05) is 33.9 Å². The molecular weight excluding hydrogens is 268 g/mol. The highest BCUT2D eigenvalue weighted by Gasteiger charge is 2.24. The molecule has 2 unspecified atom stereocenters. The number of aryl methyl sites for hydroxylation is 1. The van der Waals surface area contributed by atoms with Gasteiger partial charge < -0.3 is 19.9 Å². The van der Waals surface area contributed by atoms with Crippen molar-refractivity contribution < 1.29 is 14.2 Å². The molecule has 1 fully saturated rings. The summed E-state index contributed by atoms with van der Waals surface area (Å²) >= 11 is 0. The van der Waals surface area contributed by atoms with Gasteiger partial charge in [0.1, 0.15) is 0 Å². The van der Waals surface area contributed by atoms with Crippen LogP contribution in [0.3, 0.4) is 0 Å². The summed E-state index contributed by atoms with van der Waals surface area (Å²) in [6.45, 7) is 7.50. The van der Waals surface area contributed by atoms with Gasteiger partial charge in [-0.3, -0.25) is 4.90 Å². The summed E-state index contributed by atoms with van der Waals surface area (Å²) < 4.78 is 16.4. The van der Waals surface area contributed by atoms with Gasteiger partial charge in [-0.2, -0.15) is 0 Å². The standard InChI is InChI=1S/C16H26N2O3/c1-11-7-14(19-3)15(20-4)8-13(11)9-18-5-6-21-16(10-18)12(2)17/h7-8,12,16H,5-6,9-10,17H2,1-4H3. The van der Waals surface area contributed by atoms with Gasteiger partial charge in [0.2, 0.25) is 0 Å². The van der Waals surface area contributed by atoms with Crippen molar-refractivity contribution in [1.29, 1.82) is 0 Å². The Kier molecular flexibility index (Phi) is 5.45. The van der Waals surface area contributed by atoms with E-state index in [1.54, 1.807) is 14.2 Å². The van der Waals surface area contributed by atoms with E-state index in [4.69, 9.17) is 19.9 Å². The highest BCUT2D eigenvalue weighted by Crippen LogP contribution is 2.31. The maximum absolute atomic E-state index is 5.95. The van der Waals surface area contributed by atoms with Crippen LogP contribution in [0.1, 0.15) is 18.1 Å². The largest absolute Gasteiger partial charge is 0.493 e. The SMILES string of the molecule is COc1cc(C)c(CN2CCOC(C(C)N)C2)cc1OC. The molecule has 1 heterocycles. The van der Waals surface area contributed by atoms with Crippen LogP contribution in [0.2, 0.25) is 0 Å². The minimum atomic E-state index is 0.0549. The van der Waals surface area contributed by atoms with Crippen LogP contribution < -0.4 is 15.2 Å². The van der Waals surface area contributed by atoms with E-state index in [9.17, 15) is 0 Å². The molecule has 1 aliphatic heterocycles. The molecule has 0 radical (unpaired) electrons. The first-order chi connectivity index (χ1) is 10.0. The molecule has 0 aromatic heterocycles. The van der Waals surface area contributed by atoms with Crippen molar-refractivity contribution in [3.05, 3.63) is 23.3 Å². The third-order valence-corrected chi connectivity index (χ3v) is 4.00. The van der Waals surface area contributed by atoms with Crippen LogP contribution in [0, 0.1) is 6.92 Å². The van der Waals surface area contributed by atoms with Gasteiger partial charge in [0.05, 0.1) is 26.9 Å². The van der Waals surface area contributed by atoms with Crippen molar-refractivity contribution >= 4 is 0 Å². The van der Waals surface area contributed by atoms with Gasteiger partial charge >= 0.3 is 0 Å². The van der Waals surface area contributed by atoms with Crippen LogP contribution in [-0.4, -0.2) is 51.0 Å². The first-order valence-corrected chi connectivity index (χ1v) is 7.36. The minimum Gasteiger partial charge on any atom is -0.493 e. The number of morpholine rings is 1. The zero-order chi connectivity index (χ0) is 15.4. The Bertz CT molecular complexity index is 477. The number of rotatable bonds is 5. The number of hydrogen-bond acceptors (Lipinski definition) is 5. The van der Waals surface area contributed by atoms with Gasteiger partial charge in [0, 0.05) is 25.7 Å². The zero-order valence-electron chi connectivity index (χ0n) is 13.4. The van der Waals surface area contributed by atoms with Gasteiger partial charge in [0.25, 0.3) is 0 Å². The van der Waals surface area contributed by atoms with Crippen molar-refractivity contribution in [3.63, 3.8) is 0 Å². The number of hydrogen-bond donors (Lipinski definition) is 1. The third-order valence-electron chi connectivity index (χ3n) is 4.00. The minimum absolute atomic E-state index is 0.0549. The summed E-state index contributed by atoms with van der Waals surface area (Å²) in [4.78, 5) is 2.38. The van der Waals surface area contributed by atoms with E-state index < -0.39 is 0 Å². The van der Waals surface area contributed by atoms with Crippen LogP contribution in [0.15, 0.2) is 12.1 Å². The molecule has 0 amide bonds. The fourth-order valence-electron chi connectivity index (χ4n) is 2.63. The molecule has 2 N–H and O–H groups in total. The molecule has 5 nitrogen and oxygen atoms in total. The number of ether oxygens (including phenoxy) is 3. The molecule has 5 heteroatoms. The Morgan fingerprint density at radius 2 is 2.00 bits per heavy atom. The highest BCUT2D eigenvalue weighted by molar-refractivity contribution is 5.47. The average molecular weight is 294 g/mol. The topological polar surface area (TPSA) is 57.0 Å². The van der Waals surface area contributed by atoms with Crippen molar-refractivity contribution in [1.82, 2.24) is 4.90 Å². The van der Waals surface area contributed by atoms with Crippen molar-refractivity contribution in [3.8, 4) is 11.5 Å². The molecule has 1 aromatic rings. The lowest BCUT2D eigenvalue weighted by Crippen LogP contribution is -2.49. The second-order valence-corrected chi connectivity index (χ2v) is 5.64. The van der Waals surface area contributed by atoms with E-state index in [1.807, 2.05) is 13.0 Å². The van der Waals surface area contributed by atoms with E-state index in [2.05, 4.69) is 17.9 Å². The van der Waals surface area contributed by atoms with Crippen LogP contribution >= 0.6 is 0 Å². The Morgan fingerprint density at radius 3 is 2.62 bits per heavy atom. The Balaban J connectivity index is 2.12. The molecule has 2 atom stereocenters. The van der Waals surface area contributed by atoms with Crippen molar-refractivity contribution in [2.24, 2.45) is 5.73 Å². The molecule has 0 spiro atoms. The van der Waals surface area contributed by atoms with Crippen LogP contribution in [0.5, 0.6) is 11.5 Å². The van der Waals surface area contributed by atoms with Crippen LogP contribution in [0.25, 0.3) is 0 Å². The fraction of sp³-hybridized carbons (Fsp3) is 0.625. The highest BCUT2D eigenvalue weighted by atomic mass is 16.5. The first-order valence-electron chi connectivity index (χ1n) is 7.36. The summed E-state index contributed by atoms with van der Waals surface area (Å²) in [6, 6.07) is 4.14. The number of nitrogens with zero attached hydrogens (tertiary/aromatic N) is 1. The molecular formula is C16H26N2O3. The van der Waals surface area contributed by atoms with E-state index in [-0.39, 0.29) is 12.1 Å². The van der Waals surface area contributed by atoms with E-state index >= 15 is 0 Å². The lowest BCUT2D eigenvalue weighted by molar-refractivity contribution is -0.0404. The molecule has 1 saturated heterocycles. The lowest BCUT2D eigenvalue weighted by Gasteiger charge is -2.35. The summed E-state index contributed by atoms with van der Waals surface area (Å²) in [5.41, 5.74) is 8.40. The van der Waals surface area contributed by atoms with Crippen LogP contribution in [-0.2, 0) is 11.3 Å². The van der Waals surface area contributed by atoms with Crippen molar-refractivity contribution in [2.45, 2.75) is 32.5 Å². The molecule has 118 valence electrons. The summed E-state index contributed by atoms with van der Waals surface area (Å²) in [5, 5.41) is 0. The van der Waals surface area contributed by atoms with Gasteiger partial charge in [-0.1, -0.05) is 0 Å². The lowest BCUT2D eigenvalue weighted by atomic mass is 10.1. The predicted molar refractivity (Wildman–Crippen MR) is 82.9 cm³/mol. The third kappa shape index (κ3) is 3.87. The van der Waals surface area contributed by atoms with E-state index in [1.165, 1.54) is 11.1 Å². The quantitative estimate of drug-likeness (QED) is 0.893. The molecule has 1 aromatic carbocycles. The first kappa shape index (κ1) is 16.1.